The fourth-order valence-corrected chi connectivity index (χ4v) is 2.57. The van der Waals surface area contributed by atoms with Crippen LogP contribution in [0.25, 0.3) is 0 Å². The zero-order chi connectivity index (χ0) is 18.6. The molecule has 5 heteroatoms. The number of benzene rings is 1. The van der Waals surface area contributed by atoms with Gasteiger partial charge in [-0.05, 0) is 51.2 Å². The van der Waals surface area contributed by atoms with Crippen LogP contribution in [0, 0.1) is 11.7 Å². The Hall–Kier alpha value is -1.62. The fraction of sp³-hybridized carbons (Fsp3) is 0.650. The zero-order valence-corrected chi connectivity index (χ0v) is 15.9. The summed E-state index contributed by atoms with van der Waals surface area (Å²) in [4.78, 5) is 12.2. The summed E-state index contributed by atoms with van der Waals surface area (Å²) in [5.74, 6) is 0.225. The van der Waals surface area contributed by atoms with Gasteiger partial charge in [0, 0.05) is 25.1 Å². The third-order valence-electron chi connectivity index (χ3n) is 4.08. The summed E-state index contributed by atoms with van der Waals surface area (Å²) >= 11 is 0. The molecular weight excluding hydrogens is 321 g/mol. The van der Waals surface area contributed by atoms with Crippen LogP contribution in [-0.4, -0.2) is 31.3 Å². The SMILES string of the molecule is CC.CC(C)(C)OC(=O)c1cc(C2CC2)c(OCC2CNC2)cc1F. The van der Waals surface area contributed by atoms with E-state index in [0.29, 0.717) is 24.2 Å². The van der Waals surface area contributed by atoms with Gasteiger partial charge in [-0.25, -0.2) is 9.18 Å². The van der Waals surface area contributed by atoms with E-state index in [0.717, 1.165) is 31.5 Å². The standard InChI is InChI=1S/C18H24FNO3.C2H6/c1-18(2,3)23-17(21)14-6-13(12-4-5-12)16(7-15(14)19)22-10-11-8-20-9-11;1-2/h6-7,11-12,20H,4-5,8-10H2,1-3H3;1-2H3. The highest BCUT2D eigenvalue weighted by molar-refractivity contribution is 5.90. The third kappa shape index (κ3) is 5.43. The van der Waals surface area contributed by atoms with Crippen LogP contribution in [0.4, 0.5) is 4.39 Å². The Morgan fingerprint density at radius 1 is 1.24 bits per heavy atom. The van der Waals surface area contributed by atoms with Crippen molar-refractivity contribution < 1.29 is 18.7 Å². The quantitative estimate of drug-likeness (QED) is 0.804. The Labute approximate surface area is 150 Å². The molecule has 140 valence electrons. The highest BCUT2D eigenvalue weighted by Crippen LogP contribution is 2.45. The highest BCUT2D eigenvalue weighted by Gasteiger charge is 2.31. The number of ether oxygens (including phenoxy) is 2. The lowest BCUT2D eigenvalue weighted by Crippen LogP contribution is -2.45. The molecule has 0 amide bonds. The molecular formula is C20H30FNO3. The summed E-state index contributed by atoms with van der Waals surface area (Å²) < 4.78 is 25.5. The molecule has 0 radical (unpaired) electrons. The second-order valence-electron chi connectivity index (χ2n) is 7.48. The Morgan fingerprint density at radius 3 is 2.36 bits per heavy atom. The molecule has 25 heavy (non-hydrogen) atoms. The van der Waals surface area contributed by atoms with Crippen molar-refractivity contribution in [3.63, 3.8) is 0 Å². The van der Waals surface area contributed by atoms with Gasteiger partial charge in [0.15, 0.2) is 0 Å². The van der Waals surface area contributed by atoms with Crippen LogP contribution in [-0.2, 0) is 4.74 Å². The van der Waals surface area contributed by atoms with Gasteiger partial charge in [-0.2, -0.15) is 0 Å². The van der Waals surface area contributed by atoms with E-state index in [2.05, 4.69) is 5.32 Å². The lowest BCUT2D eigenvalue weighted by molar-refractivity contribution is 0.00645. The van der Waals surface area contributed by atoms with Crippen LogP contribution in [0.2, 0.25) is 0 Å². The van der Waals surface area contributed by atoms with Crippen molar-refractivity contribution in [2.75, 3.05) is 19.7 Å². The number of halogens is 1. The maximum Gasteiger partial charge on any atom is 0.341 e. The van der Waals surface area contributed by atoms with Gasteiger partial charge in [0.25, 0.3) is 0 Å². The Bertz CT molecular complexity index is 602. The van der Waals surface area contributed by atoms with Crippen molar-refractivity contribution in [1.82, 2.24) is 5.32 Å². The first-order valence-electron chi connectivity index (χ1n) is 9.24. The molecule has 1 aliphatic carbocycles. The number of nitrogens with one attached hydrogen (secondary N) is 1. The molecule has 0 aromatic heterocycles. The van der Waals surface area contributed by atoms with E-state index in [4.69, 9.17) is 9.47 Å². The molecule has 2 aliphatic rings. The molecule has 0 atom stereocenters. The minimum atomic E-state index is -0.643. The minimum absolute atomic E-state index is 0.000476. The molecule has 1 aliphatic heterocycles. The van der Waals surface area contributed by atoms with Gasteiger partial charge in [0.05, 0.1) is 12.2 Å². The van der Waals surface area contributed by atoms with Crippen molar-refractivity contribution in [2.45, 2.75) is 59.0 Å². The molecule has 1 N–H and O–H groups in total. The first-order valence-corrected chi connectivity index (χ1v) is 9.24. The normalized spacial score (nSPS) is 17.2. The number of rotatable bonds is 5. The van der Waals surface area contributed by atoms with E-state index < -0.39 is 17.4 Å². The van der Waals surface area contributed by atoms with Gasteiger partial charge in [-0.15, -0.1) is 0 Å². The van der Waals surface area contributed by atoms with E-state index in [1.807, 2.05) is 13.8 Å². The largest absolute Gasteiger partial charge is 0.493 e. The van der Waals surface area contributed by atoms with Crippen molar-refractivity contribution in [1.29, 1.82) is 0 Å². The van der Waals surface area contributed by atoms with Gasteiger partial charge in [-0.3, -0.25) is 0 Å². The lowest BCUT2D eigenvalue weighted by atomic mass is 10.0. The van der Waals surface area contributed by atoms with Crippen LogP contribution in [0.3, 0.4) is 0 Å². The summed E-state index contributed by atoms with van der Waals surface area (Å²) in [6.07, 6.45) is 2.11. The van der Waals surface area contributed by atoms with Crippen molar-refractivity contribution in [2.24, 2.45) is 5.92 Å². The maximum atomic E-state index is 14.4. The number of carbonyl (C=O) groups is 1. The topological polar surface area (TPSA) is 47.6 Å². The van der Waals surface area contributed by atoms with Crippen LogP contribution in [0.5, 0.6) is 5.75 Å². The molecule has 1 saturated heterocycles. The van der Waals surface area contributed by atoms with Crippen molar-refractivity contribution in [3.8, 4) is 5.75 Å². The molecule has 4 nitrogen and oxygen atoms in total. The van der Waals surface area contributed by atoms with Crippen LogP contribution < -0.4 is 10.1 Å². The minimum Gasteiger partial charge on any atom is -0.493 e. The molecule has 1 saturated carbocycles. The third-order valence-corrected chi connectivity index (χ3v) is 4.08. The van der Waals surface area contributed by atoms with Gasteiger partial charge < -0.3 is 14.8 Å². The number of esters is 1. The van der Waals surface area contributed by atoms with Gasteiger partial charge >= 0.3 is 5.97 Å². The smallest absolute Gasteiger partial charge is 0.341 e. The molecule has 1 heterocycles. The van der Waals surface area contributed by atoms with E-state index in [9.17, 15) is 9.18 Å². The summed E-state index contributed by atoms with van der Waals surface area (Å²) in [5, 5.41) is 3.19. The van der Waals surface area contributed by atoms with Gasteiger partial charge in [-0.1, -0.05) is 13.8 Å². The lowest BCUT2D eigenvalue weighted by Gasteiger charge is -2.27. The first-order chi connectivity index (χ1) is 11.8. The molecule has 0 bridgehead atoms. The maximum absolute atomic E-state index is 14.4. The summed E-state index contributed by atoms with van der Waals surface area (Å²) in [7, 11) is 0. The van der Waals surface area contributed by atoms with E-state index in [1.165, 1.54) is 6.07 Å². The van der Waals surface area contributed by atoms with Crippen molar-refractivity contribution in [3.05, 3.63) is 29.1 Å². The van der Waals surface area contributed by atoms with Crippen molar-refractivity contribution >= 4 is 5.97 Å². The Morgan fingerprint density at radius 2 is 1.88 bits per heavy atom. The number of hydrogen-bond donors (Lipinski definition) is 1. The molecule has 1 aromatic carbocycles. The van der Waals surface area contributed by atoms with E-state index >= 15 is 0 Å². The highest BCUT2D eigenvalue weighted by atomic mass is 19.1. The second kappa shape index (κ2) is 8.17. The Kier molecular flexibility index (Phi) is 6.44. The fourth-order valence-electron chi connectivity index (χ4n) is 2.57. The molecule has 3 rings (SSSR count). The van der Waals surface area contributed by atoms with Gasteiger partial charge in [0.2, 0.25) is 0 Å². The summed E-state index contributed by atoms with van der Waals surface area (Å²) in [6.45, 7) is 11.8. The van der Waals surface area contributed by atoms with Crippen LogP contribution >= 0.6 is 0 Å². The number of hydrogen-bond acceptors (Lipinski definition) is 4. The predicted molar refractivity (Wildman–Crippen MR) is 96.7 cm³/mol. The zero-order valence-electron chi connectivity index (χ0n) is 15.9. The average Bonchev–Trinajstić information content (AvgIpc) is 3.30. The van der Waals surface area contributed by atoms with Gasteiger partial charge in [0.1, 0.15) is 17.2 Å². The number of carbonyl (C=O) groups excluding carboxylic acids is 1. The molecule has 0 unspecified atom stereocenters. The molecule has 2 fully saturated rings. The average molecular weight is 351 g/mol. The predicted octanol–water partition coefficient (Wildman–Crippen LogP) is 4.28. The van der Waals surface area contributed by atoms with E-state index in [-0.39, 0.29) is 5.56 Å². The van der Waals surface area contributed by atoms with E-state index in [1.54, 1.807) is 26.8 Å². The molecule has 0 spiro atoms. The first kappa shape index (κ1) is 19.7. The van der Waals surface area contributed by atoms with Crippen LogP contribution in [0.15, 0.2) is 12.1 Å². The summed E-state index contributed by atoms with van der Waals surface area (Å²) in [5.41, 5.74) is 0.286. The monoisotopic (exact) mass is 351 g/mol. The Balaban J connectivity index is 0.00000109. The molecule has 1 aromatic rings. The van der Waals surface area contributed by atoms with Crippen LogP contribution in [0.1, 0.15) is 69.3 Å². The second-order valence-corrected chi connectivity index (χ2v) is 7.48. The summed E-state index contributed by atoms with van der Waals surface area (Å²) in [6, 6.07) is 2.97.